The molecule has 0 aliphatic rings. The van der Waals surface area contributed by atoms with Crippen molar-refractivity contribution in [1.82, 2.24) is 0 Å². The minimum atomic E-state index is -0.452. The molecule has 0 fully saturated rings. The summed E-state index contributed by atoms with van der Waals surface area (Å²) in [5, 5.41) is 3.47. The summed E-state index contributed by atoms with van der Waals surface area (Å²) >= 11 is 15.0. The van der Waals surface area contributed by atoms with E-state index in [2.05, 4.69) is 21.2 Å². The van der Waals surface area contributed by atoms with Crippen LogP contribution < -0.4 is 5.32 Å². The summed E-state index contributed by atoms with van der Waals surface area (Å²) in [6, 6.07) is 6.91. The maximum absolute atomic E-state index is 13.6. The number of anilines is 1. The van der Waals surface area contributed by atoms with Gasteiger partial charge < -0.3 is 5.32 Å². The van der Waals surface area contributed by atoms with Crippen molar-refractivity contribution in [2.45, 2.75) is 6.54 Å². The van der Waals surface area contributed by atoms with E-state index in [9.17, 15) is 8.78 Å². The lowest BCUT2D eigenvalue weighted by Crippen LogP contribution is -2.04. The fourth-order valence-corrected chi connectivity index (χ4v) is 2.78. The SMILES string of the molecule is Fc1cc(Cl)c(NCc2c(F)cccc2Cl)c(Br)c1. The van der Waals surface area contributed by atoms with Gasteiger partial charge in [0.25, 0.3) is 0 Å². The third-order valence-electron chi connectivity index (χ3n) is 2.51. The summed E-state index contributed by atoms with van der Waals surface area (Å²) in [7, 11) is 0. The number of halogens is 5. The summed E-state index contributed by atoms with van der Waals surface area (Å²) in [4.78, 5) is 0. The van der Waals surface area contributed by atoms with Crippen molar-refractivity contribution in [3.8, 4) is 0 Å². The van der Waals surface area contributed by atoms with E-state index in [4.69, 9.17) is 23.2 Å². The molecule has 6 heteroatoms. The largest absolute Gasteiger partial charge is 0.379 e. The Bertz CT molecular complexity index is 576. The molecule has 2 rings (SSSR count). The molecule has 0 spiro atoms. The van der Waals surface area contributed by atoms with Crippen LogP contribution in [0.4, 0.5) is 14.5 Å². The molecule has 0 bridgehead atoms. The minimum Gasteiger partial charge on any atom is -0.379 e. The zero-order chi connectivity index (χ0) is 14.0. The number of hydrogen-bond acceptors (Lipinski definition) is 1. The first-order chi connectivity index (χ1) is 8.99. The molecule has 0 amide bonds. The molecule has 0 unspecified atom stereocenters. The van der Waals surface area contributed by atoms with Gasteiger partial charge in [-0.15, -0.1) is 0 Å². The summed E-state index contributed by atoms with van der Waals surface area (Å²) < 4.78 is 27.1. The van der Waals surface area contributed by atoms with Crippen LogP contribution in [0.1, 0.15) is 5.56 Å². The van der Waals surface area contributed by atoms with E-state index in [1.807, 2.05) is 0 Å². The molecule has 1 nitrogen and oxygen atoms in total. The Balaban J connectivity index is 2.24. The standard InChI is InChI=1S/C13H8BrCl2F2N/c14-9-4-7(17)5-11(16)13(9)19-6-8-10(15)2-1-3-12(8)18/h1-5,19H,6H2. The highest BCUT2D eigenvalue weighted by Gasteiger charge is 2.11. The molecule has 0 radical (unpaired) electrons. The molecule has 2 aromatic carbocycles. The highest BCUT2D eigenvalue weighted by Crippen LogP contribution is 2.32. The van der Waals surface area contributed by atoms with Crippen molar-refractivity contribution in [2.24, 2.45) is 0 Å². The summed E-state index contributed by atoms with van der Waals surface area (Å²) in [6.45, 7) is 0.148. The van der Waals surface area contributed by atoms with Crippen LogP contribution in [-0.4, -0.2) is 0 Å². The Labute approximate surface area is 127 Å². The first kappa shape index (κ1) is 14.6. The summed E-state index contributed by atoms with van der Waals surface area (Å²) in [5.74, 6) is -0.860. The topological polar surface area (TPSA) is 12.0 Å². The van der Waals surface area contributed by atoms with Gasteiger partial charge in [-0.05, 0) is 40.2 Å². The second kappa shape index (κ2) is 6.07. The Morgan fingerprint density at radius 2 is 1.84 bits per heavy atom. The van der Waals surface area contributed by atoms with Gasteiger partial charge in [0.05, 0.1) is 10.7 Å². The molecule has 2 aromatic rings. The van der Waals surface area contributed by atoms with Gasteiger partial charge in [-0.2, -0.15) is 0 Å². The van der Waals surface area contributed by atoms with Gasteiger partial charge in [-0.25, -0.2) is 8.78 Å². The fraction of sp³-hybridized carbons (Fsp3) is 0.0769. The average molecular weight is 367 g/mol. The Morgan fingerprint density at radius 3 is 2.47 bits per heavy atom. The first-order valence-corrected chi connectivity index (χ1v) is 6.85. The molecule has 0 saturated carbocycles. The molecule has 19 heavy (non-hydrogen) atoms. The molecule has 0 atom stereocenters. The number of hydrogen-bond donors (Lipinski definition) is 1. The van der Waals surface area contributed by atoms with E-state index in [-0.39, 0.29) is 11.6 Å². The van der Waals surface area contributed by atoms with Gasteiger partial charge in [0.2, 0.25) is 0 Å². The maximum Gasteiger partial charge on any atom is 0.129 e. The summed E-state index contributed by atoms with van der Waals surface area (Å²) in [5.41, 5.74) is 0.818. The predicted molar refractivity (Wildman–Crippen MR) is 77.8 cm³/mol. The van der Waals surface area contributed by atoms with Gasteiger partial charge in [-0.3, -0.25) is 0 Å². The minimum absolute atomic E-state index is 0.148. The first-order valence-electron chi connectivity index (χ1n) is 5.30. The van der Waals surface area contributed by atoms with Crippen LogP contribution in [0.2, 0.25) is 10.0 Å². The van der Waals surface area contributed by atoms with Crippen molar-refractivity contribution in [1.29, 1.82) is 0 Å². The highest BCUT2D eigenvalue weighted by molar-refractivity contribution is 9.10. The smallest absolute Gasteiger partial charge is 0.129 e. The van der Waals surface area contributed by atoms with Gasteiger partial charge in [0.1, 0.15) is 11.6 Å². The highest BCUT2D eigenvalue weighted by atomic mass is 79.9. The van der Waals surface area contributed by atoms with E-state index >= 15 is 0 Å². The molecular weight excluding hydrogens is 359 g/mol. The zero-order valence-electron chi connectivity index (χ0n) is 9.48. The van der Waals surface area contributed by atoms with E-state index in [0.717, 1.165) is 0 Å². The molecule has 100 valence electrons. The van der Waals surface area contributed by atoms with Gasteiger partial charge in [0, 0.05) is 21.6 Å². The molecule has 0 aliphatic carbocycles. The molecular formula is C13H8BrCl2F2N. The Kier molecular flexibility index (Phi) is 4.66. The average Bonchev–Trinajstić information content (AvgIpc) is 2.31. The second-order valence-corrected chi connectivity index (χ2v) is 5.47. The fourth-order valence-electron chi connectivity index (χ4n) is 1.59. The monoisotopic (exact) mass is 365 g/mol. The number of rotatable bonds is 3. The van der Waals surface area contributed by atoms with Crippen LogP contribution >= 0.6 is 39.1 Å². The van der Waals surface area contributed by atoms with Crippen LogP contribution in [0, 0.1) is 11.6 Å². The molecule has 0 aromatic heterocycles. The van der Waals surface area contributed by atoms with Gasteiger partial charge in [0.15, 0.2) is 0 Å². The molecule has 0 saturated heterocycles. The lowest BCUT2D eigenvalue weighted by atomic mass is 10.2. The van der Waals surface area contributed by atoms with Gasteiger partial charge in [-0.1, -0.05) is 29.3 Å². The van der Waals surface area contributed by atoms with E-state index in [1.54, 1.807) is 6.07 Å². The van der Waals surface area contributed by atoms with Crippen LogP contribution in [0.25, 0.3) is 0 Å². The maximum atomic E-state index is 13.6. The van der Waals surface area contributed by atoms with Crippen LogP contribution in [0.15, 0.2) is 34.8 Å². The van der Waals surface area contributed by atoms with Crippen molar-refractivity contribution < 1.29 is 8.78 Å². The molecule has 1 N–H and O–H groups in total. The quantitative estimate of drug-likeness (QED) is 0.740. The lowest BCUT2D eigenvalue weighted by Gasteiger charge is -2.12. The van der Waals surface area contributed by atoms with E-state index < -0.39 is 11.6 Å². The van der Waals surface area contributed by atoms with Crippen LogP contribution in [-0.2, 0) is 6.54 Å². The Morgan fingerprint density at radius 1 is 1.11 bits per heavy atom. The van der Waals surface area contributed by atoms with Crippen molar-refractivity contribution in [3.05, 3.63) is 62.0 Å². The van der Waals surface area contributed by atoms with Crippen molar-refractivity contribution >= 4 is 44.8 Å². The van der Waals surface area contributed by atoms with Crippen molar-refractivity contribution in [2.75, 3.05) is 5.32 Å². The second-order valence-electron chi connectivity index (χ2n) is 3.80. The predicted octanol–water partition coefficient (Wildman–Crippen LogP) is 5.65. The zero-order valence-corrected chi connectivity index (χ0v) is 12.6. The molecule has 0 aliphatic heterocycles. The number of benzene rings is 2. The Hall–Kier alpha value is -0.840. The summed E-state index contributed by atoms with van der Waals surface area (Å²) in [6.07, 6.45) is 0. The van der Waals surface area contributed by atoms with Crippen LogP contribution in [0.3, 0.4) is 0 Å². The third kappa shape index (κ3) is 3.38. The van der Waals surface area contributed by atoms with Crippen molar-refractivity contribution in [3.63, 3.8) is 0 Å². The van der Waals surface area contributed by atoms with Crippen LogP contribution in [0.5, 0.6) is 0 Å². The van der Waals surface area contributed by atoms with Gasteiger partial charge >= 0.3 is 0 Å². The van der Waals surface area contributed by atoms with E-state index in [0.29, 0.717) is 20.7 Å². The molecule has 0 heterocycles. The third-order valence-corrected chi connectivity index (χ3v) is 3.79. The normalized spacial score (nSPS) is 10.6. The number of nitrogens with one attached hydrogen (secondary N) is 1. The lowest BCUT2D eigenvalue weighted by molar-refractivity contribution is 0.613. The van der Waals surface area contributed by atoms with E-state index in [1.165, 1.54) is 24.3 Å².